The van der Waals surface area contributed by atoms with Crippen LogP contribution in [-0.4, -0.2) is 46.0 Å². The average molecular weight is 476 g/mol. The smallest absolute Gasteiger partial charge is 0.243 e. The highest BCUT2D eigenvalue weighted by molar-refractivity contribution is 14.1. The monoisotopic (exact) mass is 476 g/mol. The molecule has 0 saturated carbocycles. The Bertz CT molecular complexity index is 851. The van der Waals surface area contributed by atoms with Crippen molar-refractivity contribution in [3.05, 3.63) is 51.9 Å². The van der Waals surface area contributed by atoms with Crippen molar-refractivity contribution in [2.24, 2.45) is 0 Å². The maximum atomic E-state index is 13.0. The Morgan fingerprint density at radius 2 is 1.68 bits per heavy atom. The van der Waals surface area contributed by atoms with Crippen LogP contribution >= 0.6 is 22.6 Å². The third-order valence-corrected chi connectivity index (χ3v) is 6.93. The van der Waals surface area contributed by atoms with Crippen LogP contribution in [0.25, 0.3) is 0 Å². The summed E-state index contributed by atoms with van der Waals surface area (Å²) in [7, 11) is -1.98. The fourth-order valence-electron chi connectivity index (χ4n) is 2.80. The molecule has 2 aromatic rings. The molecule has 1 fully saturated rings. The normalized spacial score (nSPS) is 16.0. The molecule has 3 rings (SSSR count). The van der Waals surface area contributed by atoms with Crippen LogP contribution in [0, 0.1) is 9.39 Å². The van der Waals surface area contributed by atoms with E-state index in [1.807, 2.05) is 0 Å². The number of methoxy groups -OCH3 is 1. The molecule has 0 amide bonds. The summed E-state index contributed by atoms with van der Waals surface area (Å²) in [6, 6.07) is 11.1. The second-order valence-corrected chi connectivity index (χ2v) is 8.76. The summed E-state index contributed by atoms with van der Waals surface area (Å²) in [6.07, 6.45) is 0. The minimum atomic E-state index is -3.54. The molecule has 0 N–H and O–H groups in total. The van der Waals surface area contributed by atoms with E-state index in [2.05, 4.69) is 27.5 Å². The van der Waals surface area contributed by atoms with Gasteiger partial charge in [-0.15, -0.1) is 0 Å². The fraction of sp³-hybridized carbons (Fsp3) is 0.294. The van der Waals surface area contributed by atoms with E-state index in [0.717, 1.165) is 9.26 Å². The number of piperazine rings is 1. The first kappa shape index (κ1) is 18.4. The van der Waals surface area contributed by atoms with Gasteiger partial charge in [-0.1, -0.05) is 0 Å². The number of benzene rings is 2. The number of rotatable bonds is 4. The molecule has 0 bridgehead atoms. The summed E-state index contributed by atoms with van der Waals surface area (Å²) in [4.78, 5) is 2.33. The van der Waals surface area contributed by atoms with Gasteiger partial charge in [-0.05, 0) is 65.1 Å². The number of hydrogen-bond donors (Lipinski definition) is 0. The van der Waals surface area contributed by atoms with E-state index >= 15 is 0 Å². The van der Waals surface area contributed by atoms with E-state index in [4.69, 9.17) is 4.74 Å². The standard InChI is InChI=1S/C17H18FIN2O3S/c1-24-17-7-6-15(12-16(17)19)25(22,23)21-10-8-20(9-11-21)14-4-2-13(18)3-5-14/h2-7,12H,8-11H2,1H3. The highest BCUT2D eigenvalue weighted by Crippen LogP contribution is 2.27. The van der Waals surface area contributed by atoms with E-state index in [1.54, 1.807) is 37.4 Å². The van der Waals surface area contributed by atoms with Gasteiger partial charge in [0.1, 0.15) is 11.6 Å². The van der Waals surface area contributed by atoms with Crippen molar-refractivity contribution in [1.29, 1.82) is 0 Å². The Balaban J connectivity index is 1.73. The Hall–Kier alpha value is -1.39. The van der Waals surface area contributed by atoms with Gasteiger partial charge in [0.2, 0.25) is 10.0 Å². The first-order chi connectivity index (χ1) is 11.9. The van der Waals surface area contributed by atoms with Gasteiger partial charge in [0.15, 0.2) is 0 Å². The van der Waals surface area contributed by atoms with E-state index < -0.39 is 10.0 Å². The maximum Gasteiger partial charge on any atom is 0.243 e. The number of sulfonamides is 1. The highest BCUT2D eigenvalue weighted by atomic mass is 127. The van der Waals surface area contributed by atoms with Crippen LogP contribution in [0.15, 0.2) is 47.4 Å². The SMILES string of the molecule is COc1ccc(S(=O)(=O)N2CCN(c3ccc(F)cc3)CC2)cc1I. The minimum Gasteiger partial charge on any atom is -0.496 e. The minimum absolute atomic E-state index is 0.271. The van der Waals surface area contributed by atoms with E-state index in [0.29, 0.717) is 31.9 Å². The lowest BCUT2D eigenvalue weighted by Gasteiger charge is -2.35. The second kappa shape index (κ2) is 7.46. The van der Waals surface area contributed by atoms with Crippen LogP contribution in [0.4, 0.5) is 10.1 Å². The molecule has 0 aliphatic carbocycles. The van der Waals surface area contributed by atoms with Crippen LogP contribution in [0.2, 0.25) is 0 Å². The summed E-state index contributed by atoms with van der Waals surface area (Å²) >= 11 is 2.06. The second-order valence-electron chi connectivity index (χ2n) is 5.66. The quantitative estimate of drug-likeness (QED) is 0.637. The van der Waals surface area contributed by atoms with Gasteiger partial charge in [-0.2, -0.15) is 4.31 Å². The summed E-state index contributed by atoms with van der Waals surface area (Å²) in [6.45, 7) is 1.92. The summed E-state index contributed by atoms with van der Waals surface area (Å²) in [5.74, 6) is 0.375. The third kappa shape index (κ3) is 3.90. The number of hydrogen-bond acceptors (Lipinski definition) is 4. The number of nitrogens with zero attached hydrogens (tertiary/aromatic N) is 2. The first-order valence-corrected chi connectivity index (χ1v) is 10.3. The molecule has 0 spiro atoms. The van der Waals surface area contributed by atoms with Gasteiger partial charge >= 0.3 is 0 Å². The van der Waals surface area contributed by atoms with Crippen molar-refractivity contribution >= 4 is 38.3 Å². The summed E-state index contributed by atoms with van der Waals surface area (Å²) in [5.41, 5.74) is 0.900. The Labute approximate surface area is 160 Å². The molecule has 1 heterocycles. The first-order valence-electron chi connectivity index (χ1n) is 7.76. The molecule has 25 heavy (non-hydrogen) atoms. The van der Waals surface area contributed by atoms with Crippen LogP contribution in [-0.2, 0) is 10.0 Å². The lowest BCUT2D eigenvalue weighted by atomic mass is 10.2. The zero-order valence-electron chi connectivity index (χ0n) is 13.7. The molecule has 8 heteroatoms. The van der Waals surface area contributed by atoms with Crippen LogP contribution in [0.1, 0.15) is 0 Å². The van der Waals surface area contributed by atoms with Crippen molar-refractivity contribution in [2.75, 3.05) is 38.2 Å². The molecule has 0 unspecified atom stereocenters. The van der Waals surface area contributed by atoms with E-state index in [1.165, 1.54) is 16.4 Å². The Kier molecular flexibility index (Phi) is 5.49. The Morgan fingerprint density at radius 1 is 1.04 bits per heavy atom. The van der Waals surface area contributed by atoms with Crippen molar-refractivity contribution in [2.45, 2.75) is 4.90 Å². The van der Waals surface area contributed by atoms with Gasteiger partial charge < -0.3 is 9.64 Å². The van der Waals surface area contributed by atoms with Crippen molar-refractivity contribution in [3.63, 3.8) is 0 Å². The predicted octanol–water partition coefficient (Wildman–Crippen LogP) is 2.95. The fourth-order valence-corrected chi connectivity index (χ4v) is 5.19. The summed E-state index contributed by atoms with van der Waals surface area (Å²) < 4.78 is 46.1. The van der Waals surface area contributed by atoms with Crippen molar-refractivity contribution in [3.8, 4) is 5.75 Å². The molecule has 1 saturated heterocycles. The van der Waals surface area contributed by atoms with Crippen LogP contribution in [0.5, 0.6) is 5.75 Å². The molecule has 5 nitrogen and oxygen atoms in total. The van der Waals surface area contributed by atoms with E-state index in [-0.39, 0.29) is 10.7 Å². The van der Waals surface area contributed by atoms with Gasteiger partial charge in [-0.3, -0.25) is 0 Å². The number of halogens is 2. The van der Waals surface area contributed by atoms with Crippen LogP contribution in [0.3, 0.4) is 0 Å². The van der Waals surface area contributed by atoms with Gasteiger partial charge in [0, 0.05) is 31.9 Å². The maximum absolute atomic E-state index is 13.0. The zero-order valence-corrected chi connectivity index (χ0v) is 16.6. The molecule has 0 radical (unpaired) electrons. The zero-order chi connectivity index (χ0) is 18.0. The van der Waals surface area contributed by atoms with Crippen molar-refractivity contribution < 1.29 is 17.5 Å². The van der Waals surface area contributed by atoms with Gasteiger partial charge in [-0.25, -0.2) is 12.8 Å². The lowest BCUT2D eigenvalue weighted by molar-refractivity contribution is 0.384. The van der Waals surface area contributed by atoms with Crippen molar-refractivity contribution in [1.82, 2.24) is 4.31 Å². The molecular formula is C17H18FIN2O3S. The predicted molar refractivity (Wildman–Crippen MR) is 103 cm³/mol. The molecule has 1 aliphatic heterocycles. The molecule has 0 aromatic heterocycles. The Morgan fingerprint density at radius 3 is 2.24 bits per heavy atom. The highest BCUT2D eigenvalue weighted by Gasteiger charge is 2.29. The topological polar surface area (TPSA) is 49.9 Å². The van der Waals surface area contributed by atoms with E-state index in [9.17, 15) is 12.8 Å². The molecule has 1 aliphatic rings. The lowest BCUT2D eigenvalue weighted by Crippen LogP contribution is -2.48. The van der Waals surface area contributed by atoms with Crippen LogP contribution < -0.4 is 9.64 Å². The number of ether oxygens (including phenoxy) is 1. The largest absolute Gasteiger partial charge is 0.496 e. The van der Waals surface area contributed by atoms with Gasteiger partial charge in [0.25, 0.3) is 0 Å². The number of anilines is 1. The molecule has 0 atom stereocenters. The third-order valence-electron chi connectivity index (χ3n) is 4.19. The molecular weight excluding hydrogens is 458 g/mol. The van der Waals surface area contributed by atoms with Gasteiger partial charge in [0.05, 0.1) is 15.6 Å². The summed E-state index contributed by atoms with van der Waals surface area (Å²) in [5, 5.41) is 0. The average Bonchev–Trinajstić information content (AvgIpc) is 2.62. The molecule has 134 valence electrons. The molecule has 2 aromatic carbocycles.